The van der Waals surface area contributed by atoms with Gasteiger partial charge in [0.05, 0.1) is 14.2 Å². The molecule has 2 heterocycles. The summed E-state index contributed by atoms with van der Waals surface area (Å²) in [5.41, 5.74) is 1.07. The summed E-state index contributed by atoms with van der Waals surface area (Å²) >= 11 is 1.36. The van der Waals surface area contributed by atoms with Gasteiger partial charge in [-0.2, -0.15) is 5.10 Å². The normalized spacial score (nSPS) is 10.5. The minimum Gasteiger partial charge on any atom is -0.497 e. The number of anilines is 1. The Morgan fingerprint density at radius 3 is 2.64 bits per heavy atom. The molecule has 8 nitrogen and oxygen atoms in total. The van der Waals surface area contributed by atoms with Crippen LogP contribution in [0.3, 0.4) is 0 Å². The fourth-order valence-electron chi connectivity index (χ4n) is 2.60. The van der Waals surface area contributed by atoms with Gasteiger partial charge in [-0.05, 0) is 30.7 Å². The van der Waals surface area contributed by atoms with E-state index < -0.39 is 0 Å². The van der Waals surface area contributed by atoms with Crippen molar-refractivity contribution in [3.63, 3.8) is 0 Å². The Kier molecular flexibility index (Phi) is 6.38. The van der Waals surface area contributed by atoms with Crippen molar-refractivity contribution in [2.24, 2.45) is 0 Å². The molecule has 0 bridgehead atoms. The number of aryl methyl sites for hydroxylation is 1. The molecule has 1 N–H and O–H groups in total. The van der Waals surface area contributed by atoms with E-state index in [1.807, 2.05) is 24.3 Å². The molecular weight excluding hydrogens is 380 g/mol. The molecule has 0 fully saturated rings. The lowest BCUT2D eigenvalue weighted by Crippen LogP contribution is -2.24. The van der Waals surface area contributed by atoms with Gasteiger partial charge in [0, 0.05) is 36.2 Å². The summed E-state index contributed by atoms with van der Waals surface area (Å²) in [4.78, 5) is 28.3. The van der Waals surface area contributed by atoms with Crippen LogP contribution in [-0.2, 0) is 11.3 Å². The number of methoxy groups -OCH3 is 2. The van der Waals surface area contributed by atoms with Crippen LogP contribution < -0.4 is 20.3 Å². The number of aromatic nitrogens is 3. The van der Waals surface area contributed by atoms with Gasteiger partial charge in [-0.15, -0.1) is 11.3 Å². The average Bonchev–Trinajstić information content (AvgIpc) is 3.22. The molecule has 0 saturated carbocycles. The summed E-state index contributed by atoms with van der Waals surface area (Å²) in [6, 6.07) is 8.73. The fourth-order valence-corrected chi connectivity index (χ4v) is 3.14. The van der Waals surface area contributed by atoms with Gasteiger partial charge in [0.15, 0.2) is 10.9 Å². The summed E-state index contributed by atoms with van der Waals surface area (Å²) in [5, 5.41) is 9.51. The molecule has 0 atom stereocenters. The molecule has 2 aromatic heterocycles. The minimum atomic E-state index is -0.283. The second-order valence-electron chi connectivity index (χ2n) is 5.84. The molecule has 3 rings (SSSR count). The first kappa shape index (κ1) is 19.6. The molecule has 0 aliphatic rings. The van der Waals surface area contributed by atoms with Crippen molar-refractivity contribution in [2.75, 3.05) is 19.5 Å². The lowest BCUT2D eigenvalue weighted by molar-refractivity contribution is -0.116. The summed E-state index contributed by atoms with van der Waals surface area (Å²) in [5.74, 6) is 0.974. The minimum absolute atomic E-state index is 0.146. The van der Waals surface area contributed by atoms with Gasteiger partial charge in [-0.25, -0.2) is 9.67 Å². The molecule has 0 aliphatic heterocycles. The second-order valence-corrected chi connectivity index (χ2v) is 6.73. The van der Waals surface area contributed by atoms with E-state index in [9.17, 15) is 9.59 Å². The summed E-state index contributed by atoms with van der Waals surface area (Å²) in [6.07, 6.45) is 2.36. The van der Waals surface area contributed by atoms with Crippen LogP contribution in [0.15, 0.2) is 46.7 Å². The van der Waals surface area contributed by atoms with Crippen molar-refractivity contribution < 1.29 is 14.3 Å². The van der Waals surface area contributed by atoms with Crippen molar-refractivity contribution in [3.8, 4) is 22.8 Å². The largest absolute Gasteiger partial charge is 0.497 e. The molecule has 0 saturated heterocycles. The van der Waals surface area contributed by atoms with Crippen LogP contribution in [0, 0.1) is 0 Å². The summed E-state index contributed by atoms with van der Waals surface area (Å²) < 4.78 is 11.8. The number of thiazole rings is 1. The van der Waals surface area contributed by atoms with Crippen LogP contribution in [0.25, 0.3) is 11.3 Å². The Balaban J connectivity index is 1.72. The van der Waals surface area contributed by atoms with E-state index in [4.69, 9.17) is 9.47 Å². The first-order valence-corrected chi connectivity index (χ1v) is 9.48. The Bertz CT molecular complexity index is 984. The zero-order valence-electron chi connectivity index (χ0n) is 15.5. The second kappa shape index (κ2) is 9.14. The number of nitrogens with zero attached hydrogens (tertiary/aromatic N) is 3. The van der Waals surface area contributed by atoms with Gasteiger partial charge in [0.25, 0.3) is 5.56 Å². The fraction of sp³-hybridized carbons (Fsp3) is 0.263. The molecule has 3 aromatic rings. The number of benzene rings is 1. The van der Waals surface area contributed by atoms with E-state index in [1.54, 1.807) is 18.7 Å². The quantitative estimate of drug-likeness (QED) is 0.625. The lowest BCUT2D eigenvalue weighted by atomic mass is 10.1. The van der Waals surface area contributed by atoms with Crippen LogP contribution in [0.4, 0.5) is 5.13 Å². The number of carbonyl (C=O) groups is 1. The molecule has 0 radical (unpaired) electrons. The van der Waals surface area contributed by atoms with Gasteiger partial charge in [-0.1, -0.05) is 0 Å². The number of carbonyl (C=O) groups excluding carboxylic acids is 1. The molecule has 9 heteroatoms. The van der Waals surface area contributed by atoms with Gasteiger partial charge in [0.1, 0.15) is 11.4 Å². The van der Waals surface area contributed by atoms with E-state index in [0.29, 0.717) is 29.5 Å². The third-order valence-corrected chi connectivity index (χ3v) is 4.69. The highest BCUT2D eigenvalue weighted by Gasteiger charge is 2.13. The first-order valence-electron chi connectivity index (χ1n) is 8.60. The molecule has 0 aliphatic carbocycles. The first-order chi connectivity index (χ1) is 13.6. The number of amides is 1. The Morgan fingerprint density at radius 2 is 2.00 bits per heavy atom. The molecule has 1 amide bonds. The Morgan fingerprint density at radius 1 is 1.21 bits per heavy atom. The van der Waals surface area contributed by atoms with Crippen molar-refractivity contribution in [3.05, 3.63) is 52.3 Å². The van der Waals surface area contributed by atoms with Crippen molar-refractivity contribution in [1.82, 2.24) is 14.8 Å². The predicted molar refractivity (Wildman–Crippen MR) is 107 cm³/mol. The highest BCUT2D eigenvalue weighted by atomic mass is 32.1. The average molecular weight is 400 g/mol. The molecule has 146 valence electrons. The number of rotatable bonds is 8. The Labute approximate surface area is 165 Å². The highest BCUT2D eigenvalue weighted by Crippen LogP contribution is 2.27. The third kappa shape index (κ3) is 4.74. The molecular formula is C19H20N4O4S. The molecule has 28 heavy (non-hydrogen) atoms. The maximum absolute atomic E-state index is 12.3. The van der Waals surface area contributed by atoms with Gasteiger partial charge >= 0.3 is 0 Å². The maximum atomic E-state index is 12.3. The van der Waals surface area contributed by atoms with E-state index in [-0.39, 0.29) is 17.9 Å². The van der Waals surface area contributed by atoms with Crippen molar-refractivity contribution in [2.45, 2.75) is 19.4 Å². The zero-order valence-corrected chi connectivity index (χ0v) is 16.4. The number of hydrogen-bond donors (Lipinski definition) is 1. The summed E-state index contributed by atoms with van der Waals surface area (Å²) in [6.45, 7) is 0.317. The van der Waals surface area contributed by atoms with E-state index in [0.717, 1.165) is 11.3 Å². The van der Waals surface area contributed by atoms with Crippen molar-refractivity contribution in [1.29, 1.82) is 0 Å². The predicted octanol–water partition coefficient (Wildman–Crippen LogP) is 2.80. The highest BCUT2D eigenvalue weighted by molar-refractivity contribution is 7.13. The smallest absolute Gasteiger partial charge is 0.270 e. The zero-order chi connectivity index (χ0) is 19.9. The third-order valence-electron chi connectivity index (χ3n) is 4.00. The van der Waals surface area contributed by atoms with E-state index in [1.165, 1.54) is 29.2 Å². The monoisotopic (exact) mass is 400 g/mol. The molecule has 0 spiro atoms. The number of hydrogen-bond acceptors (Lipinski definition) is 7. The molecule has 1 aromatic carbocycles. The van der Waals surface area contributed by atoms with Gasteiger partial charge < -0.3 is 14.8 Å². The number of nitrogens with one attached hydrogen (secondary N) is 1. The van der Waals surface area contributed by atoms with Gasteiger partial charge in [-0.3, -0.25) is 9.59 Å². The van der Waals surface area contributed by atoms with Crippen LogP contribution in [0.2, 0.25) is 0 Å². The molecule has 0 unspecified atom stereocenters. The van der Waals surface area contributed by atoms with Crippen LogP contribution in [0.5, 0.6) is 11.5 Å². The number of ether oxygens (including phenoxy) is 2. The maximum Gasteiger partial charge on any atom is 0.270 e. The topological polar surface area (TPSA) is 95.3 Å². The lowest BCUT2D eigenvalue weighted by Gasteiger charge is -2.11. The van der Waals surface area contributed by atoms with Crippen LogP contribution >= 0.6 is 11.3 Å². The van der Waals surface area contributed by atoms with Crippen LogP contribution in [-0.4, -0.2) is 34.9 Å². The SMILES string of the molecule is COc1ccc(-c2nn(CCCC(=O)Nc3nccs3)c(=O)cc2OC)cc1. The van der Waals surface area contributed by atoms with Gasteiger partial charge in [0.2, 0.25) is 5.91 Å². The van der Waals surface area contributed by atoms with Crippen LogP contribution in [0.1, 0.15) is 12.8 Å². The van der Waals surface area contributed by atoms with Crippen molar-refractivity contribution >= 4 is 22.4 Å². The Hall–Kier alpha value is -3.20. The standard InChI is InChI=1S/C19H20N4O4S/c1-26-14-7-5-13(6-8-14)18-15(27-2)12-17(25)23(22-18)10-3-4-16(24)21-19-20-9-11-28-19/h5-9,11-12H,3-4,10H2,1-2H3,(H,20,21,24). The summed E-state index contributed by atoms with van der Waals surface area (Å²) in [7, 11) is 3.09. The van der Waals surface area contributed by atoms with E-state index >= 15 is 0 Å². The van der Waals surface area contributed by atoms with E-state index in [2.05, 4.69) is 15.4 Å².